The average Bonchev–Trinajstić information content (AvgIpc) is 3.06. The third-order valence-electron chi connectivity index (χ3n) is 3.50. The highest BCUT2D eigenvalue weighted by Crippen LogP contribution is 2.16. The van der Waals surface area contributed by atoms with E-state index in [2.05, 4.69) is 26.3 Å². The summed E-state index contributed by atoms with van der Waals surface area (Å²) in [5.74, 6) is 0. The van der Waals surface area contributed by atoms with Gasteiger partial charge in [-0.2, -0.15) is 0 Å². The molecular formula is C19H19N5O2S. The van der Waals surface area contributed by atoms with Crippen LogP contribution in [0.25, 0.3) is 0 Å². The van der Waals surface area contributed by atoms with Crippen LogP contribution < -0.4 is 21.3 Å². The number of nitrogens with zero attached hydrogens (tertiary/aromatic N) is 1. The normalized spacial score (nSPS) is 10.1. The lowest BCUT2D eigenvalue weighted by atomic mass is 10.3. The quantitative estimate of drug-likeness (QED) is 0.527. The summed E-state index contributed by atoms with van der Waals surface area (Å²) in [6.45, 7) is 2.33. The topological polar surface area (TPSA) is 95.2 Å². The Morgan fingerprint density at radius 1 is 0.889 bits per heavy atom. The summed E-state index contributed by atoms with van der Waals surface area (Å²) in [6.07, 6.45) is 1.75. The number of hydrogen-bond donors (Lipinski definition) is 4. The van der Waals surface area contributed by atoms with Gasteiger partial charge in [0.05, 0.1) is 11.6 Å². The second-order valence-electron chi connectivity index (χ2n) is 5.68. The number of rotatable bonds is 5. The molecule has 0 spiro atoms. The maximum atomic E-state index is 12.1. The van der Waals surface area contributed by atoms with E-state index >= 15 is 0 Å². The van der Waals surface area contributed by atoms with Gasteiger partial charge in [0, 0.05) is 28.1 Å². The number of carbonyl (C=O) groups excluding carboxylic acids is 2. The predicted molar refractivity (Wildman–Crippen MR) is 108 cm³/mol. The Morgan fingerprint density at radius 2 is 1.52 bits per heavy atom. The number of urea groups is 2. The van der Waals surface area contributed by atoms with E-state index in [0.29, 0.717) is 23.6 Å². The molecule has 0 unspecified atom stereocenters. The third kappa shape index (κ3) is 5.82. The minimum atomic E-state index is -0.358. The van der Waals surface area contributed by atoms with Crippen LogP contribution in [0.1, 0.15) is 9.88 Å². The van der Waals surface area contributed by atoms with Crippen LogP contribution in [0.3, 0.4) is 0 Å². The summed E-state index contributed by atoms with van der Waals surface area (Å²) in [5, 5.41) is 12.0. The number of para-hydroxylation sites is 1. The van der Waals surface area contributed by atoms with Crippen LogP contribution in [0.15, 0.2) is 60.8 Å². The molecule has 7 nitrogen and oxygen atoms in total. The fourth-order valence-corrected chi connectivity index (χ4v) is 3.05. The molecule has 8 heteroatoms. The predicted octanol–water partition coefficient (Wildman–Crippen LogP) is 4.42. The zero-order valence-corrected chi connectivity index (χ0v) is 15.5. The average molecular weight is 381 g/mol. The van der Waals surface area contributed by atoms with E-state index in [9.17, 15) is 9.59 Å². The van der Waals surface area contributed by atoms with Crippen LogP contribution in [0.4, 0.5) is 26.7 Å². The molecule has 2 aromatic carbocycles. The second kappa shape index (κ2) is 8.81. The first-order valence-electron chi connectivity index (χ1n) is 8.28. The lowest BCUT2D eigenvalue weighted by Gasteiger charge is -2.10. The summed E-state index contributed by atoms with van der Waals surface area (Å²) < 4.78 is 0. The number of aryl methyl sites for hydroxylation is 1. The molecular weight excluding hydrogens is 362 g/mol. The lowest BCUT2D eigenvalue weighted by Crippen LogP contribution is -2.28. The maximum absolute atomic E-state index is 12.1. The number of hydrogen-bond acceptors (Lipinski definition) is 4. The molecule has 0 fully saturated rings. The standard InChI is InChI=1S/C19H19N5O2S/c1-13-20-11-17(27-13)12-21-18(25)23-15-8-5-9-16(10-15)24-19(26)22-14-6-3-2-4-7-14/h2-11H,12H2,1H3,(H2,21,23,25)(H2,22,24,26). The minimum absolute atomic E-state index is 0.327. The van der Waals surface area contributed by atoms with Crippen molar-refractivity contribution in [2.45, 2.75) is 13.5 Å². The van der Waals surface area contributed by atoms with Gasteiger partial charge in [0.25, 0.3) is 0 Å². The molecule has 0 atom stereocenters. The number of nitrogens with one attached hydrogen (secondary N) is 4. The molecule has 1 heterocycles. The highest BCUT2D eigenvalue weighted by molar-refractivity contribution is 7.11. The number of anilines is 3. The fourth-order valence-electron chi connectivity index (χ4n) is 2.32. The van der Waals surface area contributed by atoms with Gasteiger partial charge in [0.1, 0.15) is 0 Å². The SMILES string of the molecule is Cc1ncc(CNC(=O)Nc2cccc(NC(=O)Nc3ccccc3)c2)s1. The molecule has 0 bridgehead atoms. The van der Waals surface area contributed by atoms with E-state index in [-0.39, 0.29) is 12.1 Å². The molecule has 0 aliphatic carbocycles. The minimum Gasteiger partial charge on any atom is -0.333 e. The van der Waals surface area contributed by atoms with Gasteiger partial charge in [0.2, 0.25) is 0 Å². The van der Waals surface area contributed by atoms with Crippen LogP contribution in [0.5, 0.6) is 0 Å². The van der Waals surface area contributed by atoms with Crippen molar-refractivity contribution in [3.05, 3.63) is 70.7 Å². The molecule has 4 amide bonds. The van der Waals surface area contributed by atoms with Crippen molar-refractivity contribution >= 4 is 40.5 Å². The van der Waals surface area contributed by atoms with Gasteiger partial charge in [-0.05, 0) is 37.3 Å². The molecule has 3 aromatic rings. The van der Waals surface area contributed by atoms with E-state index in [1.165, 1.54) is 11.3 Å². The summed E-state index contributed by atoms with van der Waals surface area (Å²) >= 11 is 1.54. The molecule has 4 N–H and O–H groups in total. The van der Waals surface area contributed by atoms with E-state index in [0.717, 1.165) is 9.88 Å². The first kappa shape index (κ1) is 18.4. The Morgan fingerprint density at radius 3 is 2.19 bits per heavy atom. The van der Waals surface area contributed by atoms with E-state index in [1.807, 2.05) is 25.1 Å². The molecule has 138 valence electrons. The molecule has 0 radical (unpaired) electrons. The summed E-state index contributed by atoms with van der Waals surface area (Å²) in [7, 11) is 0. The van der Waals surface area contributed by atoms with Crippen molar-refractivity contribution in [3.63, 3.8) is 0 Å². The summed E-state index contributed by atoms with van der Waals surface area (Å²) in [6, 6.07) is 15.4. The van der Waals surface area contributed by atoms with Crippen molar-refractivity contribution in [2.75, 3.05) is 16.0 Å². The van der Waals surface area contributed by atoms with Crippen LogP contribution in [0, 0.1) is 6.92 Å². The van der Waals surface area contributed by atoms with E-state index < -0.39 is 0 Å². The monoisotopic (exact) mass is 381 g/mol. The highest BCUT2D eigenvalue weighted by atomic mass is 32.1. The number of amides is 4. The van der Waals surface area contributed by atoms with Crippen molar-refractivity contribution in [2.24, 2.45) is 0 Å². The van der Waals surface area contributed by atoms with Gasteiger partial charge in [-0.1, -0.05) is 24.3 Å². The Labute approximate surface area is 160 Å². The molecule has 0 saturated carbocycles. The zero-order chi connectivity index (χ0) is 19.1. The van der Waals surface area contributed by atoms with Crippen molar-refractivity contribution in [3.8, 4) is 0 Å². The first-order valence-corrected chi connectivity index (χ1v) is 9.09. The Kier molecular flexibility index (Phi) is 6.01. The number of benzene rings is 2. The third-order valence-corrected chi connectivity index (χ3v) is 4.42. The molecule has 3 rings (SSSR count). The van der Waals surface area contributed by atoms with Gasteiger partial charge in [0.15, 0.2) is 0 Å². The van der Waals surface area contributed by atoms with Crippen LogP contribution >= 0.6 is 11.3 Å². The second-order valence-corrected chi connectivity index (χ2v) is 7.00. The van der Waals surface area contributed by atoms with Crippen molar-refractivity contribution < 1.29 is 9.59 Å². The lowest BCUT2D eigenvalue weighted by molar-refractivity contribution is 0.252. The van der Waals surface area contributed by atoms with Gasteiger partial charge in [-0.3, -0.25) is 0 Å². The Hall–Kier alpha value is -3.39. The van der Waals surface area contributed by atoms with E-state index in [1.54, 1.807) is 42.6 Å². The maximum Gasteiger partial charge on any atom is 0.323 e. The van der Waals surface area contributed by atoms with Crippen LogP contribution in [0.2, 0.25) is 0 Å². The first-order chi connectivity index (χ1) is 13.1. The fraction of sp³-hybridized carbons (Fsp3) is 0.105. The molecule has 0 aliphatic heterocycles. The Balaban J connectivity index is 1.52. The van der Waals surface area contributed by atoms with Crippen LogP contribution in [-0.2, 0) is 6.54 Å². The van der Waals surface area contributed by atoms with Gasteiger partial charge in [-0.25, -0.2) is 14.6 Å². The van der Waals surface area contributed by atoms with Crippen LogP contribution in [-0.4, -0.2) is 17.0 Å². The van der Waals surface area contributed by atoms with Gasteiger partial charge < -0.3 is 21.3 Å². The smallest absolute Gasteiger partial charge is 0.323 e. The van der Waals surface area contributed by atoms with E-state index in [4.69, 9.17) is 0 Å². The molecule has 0 saturated heterocycles. The highest BCUT2D eigenvalue weighted by Gasteiger charge is 2.06. The molecule has 0 aliphatic rings. The largest absolute Gasteiger partial charge is 0.333 e. The number of aromatic nitrogens is 1. The van der Waals surface area contributed by atoms with Crippen molar-refractivity contribution in [1.82, 2.24) is 10.3 Å². The summed E-state index contributed by atoms with van der Waals surface area (Å²) in [5.41, 5.74) is 1.84. The summed E-state index contributed by atoms with van der Waals surface area (Å²) in [4.78, 5) is 29.2. The molecule has 27 heavy (non-hydrogen) atoms. The zero-order valence-electron chi connectivity index (χ0n) is 14.7. The number of thiazole rings is 1. The van der Waals surface area contributed by atoms with Gasteiger partial charge >= 0.3 is 12.1 Å². The Bertz CT molecular complexity index is 927. The van der Waals surface area contributed by atoms with Crippen molar-refractivity contribution in [1.29, 1.82) is 0 Å². The number of carbonyl (C=O) groups is 2. The van der Waals surface area contributed by atoms with Gasteiger partial charge in [-0.15, -0.1) is 11.3 Å². The molecule has 1 aromatic heterocycles.